The summed E-state index contributed by atoms with van der Waals surface area (Å²) >= 11 is 0. The number of nitrogens with zero attached hydrogens (tertiary/aromatic N) is 2. The fraction of sp³-hybridized carbons (Fsp3) is 0.188. The first kappa shape index (κ1) is 22.7. The molecule has 3 aromatic carbocycles. The van der Waals surface area contributed by atoms with E-state index in [-0.39, 0.29) is 11.9 Å². The summed E-state index contributed by atoms with van der Waals surface area (Å²) in [7, 11) is 0. The van der Waals surface area contributed by atoms with Crippen LogP contribution in [0.4, 0.5) is 4.39 Å². The number of halogens is 1. The van der Waals surface area contributed by atoms with Crippen LogP contribution in [0.2, 0.25) is 0 Å². The summed E-state index contributed by atoms with van der Waals surface area (Å²) in [5, 5.41) is 9.86. The van der Waals surface area contributed by atoms with Crippen molar-refractivity contribution >= 4 is 21.8 Å². The van der Waals surface area contributed by atoms with Crippen molar-refractivity contribution < 1.29 is 9.13 Å². The molecule has 0 spiro atoms. The van der Waals surface area contributed by atoms with Gasteiger partial charge in [-0.05, 0) is 84.8 Å². The second-order valence-electron chi connectivity index (χ2n) is 10.1. The standard InChI is InChI=1S/C32H27FN4O/c33-23-7-4-6-21(14-23)26-10-5-11-29-27(26)17-31(35-29)32-28-16-20(12-13-30(28)36-37-32)22-15-25(19-34-18-22)38-24-8-2-1-3-9-24/h4-7,10-19,24,35H,1-3,8-9H2,(H,36,37). The normalized spacial score (nSPS) is 14.3. The molecule has 0 aliphatic heterocycles. The number of aromatic nitrogens is 4. The molecule has 38 heavy (non-hydrogen) atoms. The molecule has 3 aromatic heterocycles. The molecule has 0 unspecified atom stereocenters. The molecule has 0 atom stereocenters. The number of ether oxygens (including phenoxy) is 1. The summed E-state index contributed by atoms with van der Waals surface area (Å²) < 4.78 is 20.2. The van der Waals surface area contributed by atoms with Gasteiger partial charge in [-0.15, -0.1) is 0 Å². The van der Waals surface area contributed by atoms with E-state index >= 15 is 0 Å². The summed E-state index contributed by atoms with van der Waals surface area (Å²) in [5.74, 6) is 0.575. The van der Waals surface area contributed by atoms with Gasteiger partial charge in [-0.1, -0.05) is 36.8 Å². The second kappa shape index (κ2) is 9.45. The molecule has 5 nitrogen and oxygen atoms in total. The van der Waals surface area contributed by atoms with E-state index in [0.29, 0.717) is 0 Å². The van der Waals surface area contributed by atoms with Crippen molar-refractivity contribution in [3.8, 4) is 39.4 Å². The number of pyridine rings is 1. The Kier molecular flexibility index (Phi) is 5.65. The van der Waals surface area contributed by atoms with Gasteiger partial charge in [0, 0.05) is 28.0 Å². The van der Waals surface area contributed by atoms with Gasteiger partial charge < -0.3 is 9.72 Å². The summed E-state index contributed by atoms with van der Waals surface area (Å²) in [6.07, 6.45) is 9.95. The summed E-state index contributed by atoms with van der Waals surface area (Å²) in [6, 6.07) is 23.2. The maximum atomic E-state index is 13.9. The molecule has 0 radical (unpaired) electrons. The van der Waals surface area contributed by atoms with Crippen LogP contribution in [0.15, 0.2) is 85.2 Å². The number of H-pyrrole nitrogens is 2. The van der Waals surface area contributed by atoms with E-state index in [1.807, 2.05) is 30.5 Å². The molecule has 3 heterocycles. The van der Waals surface area contributed by atoms with E-state index in [0.717, 1.165) is 74.0 Å². The van der Waals surface area contributed by atoms with Crippen LogP contribution in [-0.4, -0.2) is 26.3 Å². The van der Waals surface area contributed by atoms with Gasteiger partial charge in [-0.2, -0.15) is 5.10 Å². The van der Waals surface area contributed by atoms with Crippen molar-refractivity contribution in [3.63, 3.8) is 0 Å². The van der Waals surface area contributed by atoms with Crippen LogP contribution >= 0.6 is 0 Å². The lowest BCUT2D eigenvalue weighted by Crippen LogP contribution is -2.19. The fourth-order valence-corrected chi connectivity index (χ4v) is 5.61. The van der Waals surface area contributed by atoms with E-state index in [4.69, 9.17) is 4.74 Å². The van der Waals surface area contributed by atoms with Crippen LogP contribution in [0.25, 0.3) is 55.4 Å². The van der Waals surface area contributed by atoms with Gasteiger partial charge in [0.15, 0.2) is 0 Å². The third-order valence-corrected chi connectivity index (χ3v) is 7.52. The highest BCUT2D eigenvalue weighted by Crippen LogP contribution is 2.36. The molecule has 0 amide bonds. The molecule has 1 saturated carbocycles. The van der Waals surface area contributed by atoms with Gasteiger partial charge in [0.25, 0.3) is 0 Å². The number of rotatable bonds is 5. The van der Waals surface area contributed by atoms with Crippen molar-refractivity contribution in [3.05, 3.63) is 91.0 Å². The Morgan fingerprint density at radius 1 is 0.763 bits per heavy atom. The van der Waals surface area contributed by atoms with Crippen LogP contribution in [0.3, 0.4) is 0 Å². The highest BCUT2D eigenvalue weighted by atomic mass is 19.1. The predicted octanol–water partition coefficient (Wildman–Crippen LogP) is 8.29. The fourth-order valence-electron chi connectivity index (χ4n) is 5.61. The highest BCUT2D eigenvalue weighted by molar-refractivity contribution is 6.01. The van der Waals surface area contributed by atoms with Crippen molar-refractivity contribution in [1.82, 2.24) is 20.2 Å². The lowest BCUT2D eigenvalue weighted by molar-refractivity contribution is 0.154. The van der Waals surface area contributed by atoms with Gasteiger partial charge in [-0.3, -0.25) is 10.1 Å². The van der Waals surface area contributed by atoms with Crippen molar-refractivity contribution in [2.45, 2.75) is 38.2 Å². The maximum absolute atomic E-state index is 13.9. The highest BCUT2D eigenvalue weighted by Gasteiger charge is 2.17. The maximum Gasteiger partial charge on any atom is 0.138 e. The molecule has 7 rings (SSSR count). The van der Waals surface area contributed by atoms with Crippen LogP contribution in [-0.2, 0) is 0 Å². The minimum absolute atomic E-state index is 0.246. The average Bonchev–Trinajstić information content (AvgIpc) is 3.57. The topological polar surface area (TPSA) is 66.6 Å². The molecule has 0 bridgehead atoms. The third kappa shape index (κ3) is 4.22. The largest absolute Gasteiger partial charge is 0.489 e. The van der Waals surface area contributed by atoms with Crippen molar-refractivity contribution in [2.75, 3.05) is 0 Å². The summed E-state index contributed by atoms with van der Waals surface area (Å²) in [4.78, 5) is 7.99. The molecule has 188 valence electrons. The Balaban J connectivity index is 1.26. The monoisotopic (exact) mass is 502 g/mol. The first-order valence-electron chi connectivity index (χ1n) is 13.2. The van der Waals surface area contributed by atoms with Gasteiger partial charge in [-0.25, -0.2) is 4.39 Å². The average molecular weight is 503 g/mol. The number of benzene rings is 3. The molecule has 6 heteroatoms. The molecular formula is C32H27FN4O. The van der Waals surface area contributed by atoms with E-state index < -0.39 is 0 Å². The minimum atomic E-state index is -0.246. The van der Waals surface area contributed by atoms with Crippen molar-refractivity contribution in [2.24, 2.45) is 0 Å². The number of hydrogen-bond acceptors (Lipinski definition) is 3. The van der Waals surface area contributed by atoms with E-state index in [2.05, 4.69) is 50.5 Å². The Morgan fingerprint density at radius 2 is 1.66 bits per heavy atom. The molecule has 1 aliphatic carbocycles. The minimum Gasteiger partial charge on any atom is -0.489 e. The lowest BCUT2D eigenvalue weighted by atomic mass is 9.98. The molecule has 0 saturated heterocycles. The molecular weight excluding hydrogens is 475 g/mol. The predicted molar refractivity (Wildman–Crippen MR) is 150 cm³/mol. The summed E-state index contributed by atoms with van der Waals surface area (Å²) in [6.45, 7) is 0. The van der Waals surface area contributed by atoms with E-state index in [1.54, 1.807) is 18.3 Å². The lowest BCUT2D eigenvalue weighted by Gasteiger charge is -2.23. The smallest absolute Gasteiger partial charge is 0.138 e. The van der Waals surface area contributed by atoms with E-state index in [9.17, 15) is 4.39 Å². The zero-order valence-electron chi connectivity index (χ0n) is 20.9. The second-order valence-corrected chi connectivity index (χ2v) is 10.1. The van der Waals surface area contributed by atoms with E-state index in [1.165, 1.54) is 25.3 Å². The molecule has 1 fully saturated rings. The van der Waals surface area contributed by atoms with Gasteiger partial charge >= 0.3 is 0 Å². The van der Waals surface area contributed by atoms with Crippen molar-refractivity contribution in [1.29, 1.82) is 0 Å². The summed E-state index contributed by atoms with van der Waals surface area (Å²) in [5.41, 5.74) is 7.56. The number of fused-ring (bicyclic) bond motifs is 2. The number of nitrogens with one attached hydrogen (secondary N) is 2. The van der Waals surface area contributed by atoms with Gasteiger partial charge in [0.1, 0.15) is 17.3 Å². The third-order valence-electron chi connectivity index (χ3n) is 7.52. The first-order valence-corrected chi connectivity index (χ1v) is 13.2. The first-order chi connectivity index (χ1) is 18.7. The number of aromatic amines is 2. The Bertz CT molecular complexity index is 1760. The van der Waals surface area contributed by atoms with Crippen LogP contribution in [0.1, 0.15) is 32.1 Å². The molecule has 1 aliphatic rings. The van der Waals surface area contributed by atoms with Crippen LogP contribution in [0, 0.1) is 5.82 Å². The Morgan fingerprint density at radius 3 is 2.55 bits per heavy atom. The number of hydrogen-bond donors (Lipinski definition) is 2. The Hall–Kier alpha value is -4.45. The SMILES string of the molecule is Fc1cccc(-c2cccc3[nH]c(-c4n[nH]c5ccc(-c6cncc(OC7CCCCC7)c6)cc45)cc23)c1. The zero-order chi connectivity index (χ0) is 25.5. The van der Waals surface area contributed by atoms with Gasteiger partial charge in [0.05, 0.1) is 23.5 Å². The van der Waals surface area contributed by atoms with Crippen LogP contribution in [0.5, 0.6) is 5.75 Å². The molecule has 6 aromatic rings. The van der Waals surface area contributed by atoms with Crippen LogP contribution < -0.4 is 4.74 Å². The molecule has 2 N–H and O–H groups in total. The Labute approximate surface area is 219 Å². The van der Waals surface area contributed by atoms with Gasteiger partial charge in [0.2, 0.25) is 0 Å². The zero-order valence-corrected chi connectivity index (χ0v) is 20.9. The quantitative estimate of drug-likeness (QED) is 0.249.